The van der Waals surface area contributed by atoms with Gasteiger partial charge in [-0.2, -0.15) is 0 Å². The van der Waals surface area contributed by atoms with Crippen molar-refractivity contribution in [3.05, 3.63) is 29.8 Å². The van der Waals surface area contributed by atoms with E-state index in [1.807, 2.05) is 24.3 Å². The van der Waals surface area contributed by atoms with Crippen LogP contribution in [0.25, 0.3) is 0 Å². The van der Waals surface area contributed by atoms with E-state index in [9.17, 15) is 9.59 Å². The lowest BCUT2D eigenvalue weighted by Gasteiger charge is -2.32. The molecule has 6 heteroatoms. The topological polar surface area (TPSA) is 70.7 Å². The van der Waals surface area contributed by atoms with Crippen molar-refractivity contribution in [3.8, 4) is 0 Å². The highest BCUT2D eigenvalue weighted by molar-refractivity contribution is 5.89. The fraction of sp³-hybridized carbons (Fsp3) is 0.529. The van der Waals surface area contributed by atoms with E-state index in [0.717, 1.165) is 12.1 Å². The Bertz CT molecular complexity index is 587. The molecule has 1 aromatic carbocycles. The van der Waals surface area contributed by atoms with Gasteiger partial charge in [0.15, 0.2) is 0 Å². The second kappa shape index (κ2) is 6.58. The lowest BCUT2D eigenvalue weighted by atomic mass is 10.00. The molecule has 23 heavy (non-hydrogen) atoms. The smallest absolute Gasteiger partial charge is 0.322 e. The number of carbonyl (C=O) groups excluding carboxylic acids is 2. The molecule has 2 aliphatic rings. The number of amides is 3. The number of morpholine rings is 1. The van der Waals surface area contributed by atoms with Crippen LogP contribution in [0.1, 0.15) is 18.9 Å². The standard InChI is InChI=1S/C17H23N3O3/c1-3-11-4-6-12(7-5-11)19-17(22)20-9-13-8-14(16(21)18-2)15(10-20)23-13/h4-7,13-15H,3,8-10H2,1-2H3,(H,18,21)(H,19,22)/t13-,14+,15-/m1/s1. The number of carbonyl (C=O) groups is 2. The number of ether oxygens (including phenoxy) is 1. The summed E-state index contributed by atoms with van der Waals surface area (Å²) in [4.78, 5) is 26.1. The first-order chi connectivity index (χ1) is 11.1. The molecular weight excluding hydrogens is 294 g/mol. The minimum Gasteiger partial charge on any atom is -0.370 e. The van der Waals surface area contributed by atoms with Crippen molar-refractivity contribution < 1.29 is 14.3 Å². The summed E-state index contributed by atoms with van der Waals surface area (Å²) in [5.41, 5.74) is 2.02. The zero-order valence-corrected chi connectivity index (χ0v) is 13.5. The minimum atomic E-state index is -0.207. The number of rotatable bonds is 3. The average Bonchev–Trinajstić information content (AvgIpc) is 2.88. The first-order valence-electron chi connectivity index (χ1n) is 8.12. The normalized spacial score (nSPS) is 26.0. The second-order valence-corrected chi connectivity index (χ2v) is 6.14. The Morgan fingerprint density at radius 3 is 2.65 bits per heavy atom. The molecule has 1 aromatic rings. The maximum absolute atomic E-state index is 12.4. The number of nitrogens with one attached hydrogen (secondary N) is 2. The highest BCUT2D eigenvalue weighted by Gasteiger charge is 2.45. The highest BCUT2D eigenvalue weighted by atomic mass is 16.5. The zero-order valence-electron chi connectivity index (χ0n) is 13.5. The SMILES string of the molecule is CCc1ccc(NC(=O)N2C[C@H]3C[C@H](C(=O)NC)[C@@H](C2)O3)cc1. The predicted molar refractivity (Wildman–Crippen MR) is 87.2 cm³/mol. The van der Waals surface area contributed by atoms with Gasteiger partial charge in [0, 0.05) is 25.8 Å². The summed E-state index contributed by atoms with van der Waals surface area (Å²) in [6.07, 6.45) is 1.40. The van der Waals surface area contributed by atoms with E-state index >= 15 is 0 Å². The fourth-order valence-electron chi connectivity index (χ4n) is 3.31. The van der Waals surface area contributed by atoms with E-state index in [4.69, 9.17) is 4.74 Å². The van der Waals surface area contributed by atoms with Crippen molar-refractivity contribution in [2.75, 3.05) is 25.5 Å². The summed E-state index contributed by atoms with van der Waals surface area (Å²) >= 11 is 0. The van der Waals surface area contributed by atoms with Gasteiger partial charge in [-0.15, -0.1) is 0 Å². The van der Waals surface area contributed by atoms with Crippen LogP contribution in [0.3, 0.4) is 0 Å². The van der Waals surface area contributed by atoms with Crippen LogP contribution in [-0.2, 0) is 16.0 Å². The fourth-order valence-corrected chi connectivity index (χ4v) is 3.31. The summed E-state index contributed by atoms with van der Waals surface area (Å²) in [5.74, 6) is -0.165. The van der Waals surface area contributed by atoms with Gasteiger partial charge >= 0.3 is 6.03 Å². The summed E-state index contributed by atoms with van der Waals surface area (Å²) < 4.78 is 5.81. The molecule has 0 aromatic heterocycles. The maximum atomic E-state index is 12.4. The van der Waals surface area contributed by atoms with Gasteiger partial charge in [0.1, 0.15) is 0 Å². The van der Waals surface area contributed by atoms with Crippen LogP contribution >= 0.6 is 0 Å². The third-order valence-electron chi connectivity index (χ3n) is 4.64. The number of fused-ring (bicyclic) bond motifs is 2. The number of anilines is 1. The van der Waals surface area contributed by atoms with Crippen molar-refractivity contribution in [1.29, 1.82) is 0 Å². The number of aryl methyl sites for hydroxylation is 1. The highest BCUT2D eigenvalue weighted by Crippen LogP contribution is 2.32. The van der Waals surface area contributed by atoms with E-state index in [2.05, 4.69) is 17.6 Å². The molecule has 2 fully saturated rings. The molecule has 2 aliphatic heterocycles. The van der Waals surface area contributed by atoms with Crippen molar-refractivity contribution in [2.24, 2.45) is 5.92 Å². The largest absolute Gasteiger partial charge is 0.370 e. The van der Waals surface area contributed by atoms with Crippen LogP contribution in [0.2, 0.25) is 0 Å². The van der Waals surface area contributed by atoms with Gasteiger partial charge in [-0.1, -0.05) is 19.1 Å². The lowest BCUT2D eigenvalue weighted by Crippen LogP contribution is -2.49. The number of hydrogen-bond donors (Lipinski definition) is 2. The van der Waals surface area contributed by atoms with Gasteiger partial charge in [-0.05, 0) is 30.5 Å². The number of nitrogens with zero attached hydrogens (tertiary/aromatic N) is 1. The number of urea groups is 1. The Morgan fingerprint density at radius 1 is 1.26 bits per heavy atom. The Balaban J connectivity index is 1.61. The predicted octanol–water partition coefficient (Wildman–Crippen LogP) is 1.62. The van der Waals surface area contributed by atoms with Crippen LogP contribution in [0, 0.1) is 5.92 Å². The molecule has 2 N–H and O–H groups in total. The molecule has 0 spiro atoms. The van der Waals surface area contributed by atoms with Gasteiger partial charge in [0.25, 0.3) is 0 Å². The van der Waals surface area contributed by atoms with Gasteiger partial charge in [-0.3, -0.25) is 4.79 Å². The van der Waals surface area contributed by atoms with Crippen LogP contribution in [-0.4, -0.2) is 49.2 Å². The van der Waals surface area contributed by atoms with Crippen molar-refractivity contribution in [2.45, 2.75) is 32.0 Å². The van der Waals surface area contributed by atoms with E-state index in [1.165, 1.54) is 5.56 Å². The molecule has 0 saturated carbocycles. The Kier molecular flexibility index (Phi) is 4.52. The molecule has 3 atom stereocenters. The van der Waals surface area contributed by atoms with Gasteiger partial charge in [-0.25, -0.2) is 4.79 Å². The minimum absolute atomic E-state index is 0.00471. The van der Waals surface area contributed by atoms with Gasteiger partial charge in [0.05, 0.1) is 18.1 Å². The molecule has 3 rings (SSSR count). The first-order valence-corrected chi connectivity index (χ1v) is 8.12. The first kappa shape index (κ1) is 15.8. The van der Waals surface area contributed by atoms with Crippen LogP contribution in [0.5, 0.6) is 0 Å². The molecule has 6 nitrogen and oxygen atoms in total. The quantitative estimate of drug-likeness (QED) is 0.890. The lowest BCUT2D eigenvalue weighted by molar-refractivity contribution is -0.127. The molecule has 0 radical (unpaired) electrons. The molecule has 0 unspecified atom stereocenters. The van der Waals surface area contributed by atoms with Gasteiger partial charge < -0.3 is 20.3 Å². The van der Waals surface area contributed by atoms with Crippen LogP contribution < -0.4 is 10.6 Å². The monoisotopic (exact) mass is 317 g/mol. The van der Waals surface area contributed by atoms with E-state index in [-0.39, 0.29) is 30.1 Å². The van der Waals surface area contributed by atoms with Crippen molar-refractivity contribution in [3.63, 3.8) is 0 Å². The number of benzene rings is 1. The Morgan fingerprint density at radius 2 is 2.00 bits per heavy atom. The molecule has 2 heterocycles. The van der Waals surface area contributed by atoms with Crippen LogP contribution in [0.4, 0.5) is 10.5 Å². The van der Waals surface area contributed by atoms with E-state index in [0.29, 0.717) is 19.5 Å². The average molecular weight is 317 g/mol. The number of hydrogen-bond acceptors (Lipinski definition) is 3. The molecule has 2 bridgehead atoms. The van der Waals surface area contributed by atoms with Gasteiger partial charge in [0.2, 0.25) is 5.91 Å². The van der Waals surface area contributed by atoms with E-state index in [1.54, 1.807) is 11.9 Å². The van der Waals surface area contributed by atoms with Crippen molar-refractivity contribution >= 4 is 17.6 Å². The summed E-state index contributed by atoms with van der Waals surface area (Å²) in [6.45, 7) is 3.08. The molecular formula is C17H23N3O3. The Hall–Kier alpha value is -2.08. The summed E-state index contributed by atoms with van der Waals surface area (Å²) in [6, 6.07) is 7.73. The third kappa shape index (κ3) is 3.32. The molecule has 2 saturated heterocycles. The van der Waals surface area contributed by atoms with Crippen molar-refractivity contribution in [1.82, 2.24) is 10.2 Å². The van der Waals surface area contributed by atoms with E-state index < -0.39 is 0 Å². The molecule has 124 valence electrons. The number of likely N-dealkylation sites (tertiary alicyclic amines) is 1. The maximum Gasteiger partial charge on any atom is 0.322 e. The Labute approximate surface area is 136 Å². The second-order valence-electron chi connectivity index (χ2n) is 6.14. The molecule has 3 amide bonds. The van der Waals surface area contributed by atoms with Crippen LogP contribution in [0.15, 0.2) is 24.3 Å². The summed E-state index contributed by atoms with van der Waals surface area (Å²) in [7, 11) is 1.63. The zero-order chi connectivity index (χ0) is 16.4. The summed E-state index contributed by atoms with van der Waals surface area (Å²) in [5, 5.41) is 5.60. The third-order valence-corrected chi connectivity index (χ3v) is 4.64. The molecule has 0 aliphatic carbocycles.